The molecule has 0 unspecified atom stereocenters. The first-order chi connectivity index (χ1) is 8.69. The van der Waals surface area contributed by atoms with Gasteiger partial charge in [0.1, 0.15) is 0 Å². The van der Waals surface area contributed by atoms with E-state index < -0.39 is 0 Å². The van der Waals surface area contributed by atoms with Gasteiger partial charge in [-0.3, -0.25) is 4.79 Å². The molecule has 1 N–H and O–H groups in total. The number of hydrogen-bond donors (Lipinski definition) is 1. The third kappa shape index (κ3) is 4.52. The molecule has 0 radical (unpaired) electrons. The fourth-order valence-electron chi connectivity index (χ4n) is 1.93. The second kappa shape index (κ2) is 7.92. The average molecular weight is 257 g/mol. The van der Waals surface area contributed by atoms with Gasteiger partial charge in [-0.15, -0.1) is 0 Å². The maximum absolute atomic E-state index is 11.8. The summed E-state index contributed by atoms with van der Waals surface area (Å²) in [6.45, 7) is 5.39. The Balaban J connectivity index is 2.26. The van der Waals surface area contributed by atoms with Crippen molar-refractivity contribution in [2.75, 3.05) is 46.4 Å². The van der Waals surface area contributed by atoms with Crippen LogP contribution in [0.3, 0.4) is 0 Å². The minimum atomic E-state index is -0.278. The molecule has 1 aliphatic rings. The molecular weight excluding hydrogens is 234 g/mol. The Kier molecular flexibility index (Phi) is 6.49. The lowest BCUT2D eigenvalue weighted by Crippen LogP contribution is -2.50. The van der Waals surface area contributed by atoms with Crippen LogP contribution in [-0.2, 0) is 9.53 Å². The van der Waals surface area contributed by atoms with E-state index in [0.29, 0.717) is 39.2 Å². The van der Waals surface area contributed by atoms with Crippen molar-refractivity contribution < 1.29 is 14.3 Å². The highest BCUT2D eigenvalue weighted by Gasteiger charge is 2.24. The smallest absolute Gasteiger partial charge is 0.409 e. The predicted molar refractivity (Wildman–Crippen MR) is 68.3 cm³/mol. The Hall–Kier alpha value is -1.30. The lowest BCUT2D eigenvalue weighted by atomic mass is 10.2. The van der Waals surface area contributed by atoms with E-state index in [2.05, 4.69) is 5.32 Å². The van der Waals surface area contributed by atoms with Crippen LogP contribution in [0.2, 0.25) is 0 Å². The zero-order valence-electron chi connectivity index (χ0n) is 11.3. The van der Waals surface area contributed by atoms with E-state index >= 15 is 0 Å². The van der Waals surface area contributed by atoms with Gasteiger partial charge >= 0.3 is 6.09 Å². The molecular formula is C12H23N3O3. The first-order valence-corrected chi connectivity index (χ1v) is 6.53. The fourth-order valence-corrected chi connectivity index (χ4v) is 1.93. The molecule has 0 saturated carbocycles. The summed E-state index contributed by atoms with van der Waals surface area (Å²) >= 11 is 0. The Morgan fingerprint density at radius 1 is 1.17 bits per heavy atom. The molecule has 0 aliphatic carbocycles. The van der Waals surface area contributed by atoms with Crippen LogP contribution in [0.15, 0.2) is 0 Å². The highest BCUT2D eigenvalue weighted by Crippen LogP contribution is 2.06. The molecule has 0 bridgehead atoms. The summed E-state index contributed by atoms with van der Waals surface area (Å²) in [5.41, 5.74) is 0. The van der Waals surface area contributed by atoms with Crippen molar-refractivity contribution in [3.63, 3.8) is 0 Å². The van der Waals surface area contributed by atoms with Gasteiger partial charge in [-0.25, -0.2) is 4.79 Å². The zero-order chi connectivity index (χ0) is 13.4. The standard InChI is InChI=1S/C12H23N3O3/c1-3-18-12(17)15-9-7-14(8-10-15)11(16)5-4-6-13-2/h13H,3-10H2,1-2H3. The first kappa shape index (κ1) is 14.8. The molecule has 1 saturated heterocycles. The van der Waals surface area contributed by atoms with Crippen LogP contribution in [0.4, 0.5) is 4.79 Å². The molecule has 2 amide bonds. The lowest BCUT2D eigenvalue weighted by Gasteiger charge is -2.34. The van der Waals surface area contributed by atoms with Gasteiger partial charge in [-0.1, -0.05) is 0 Å². The normalized spacial score (nSPS) is 15.7. The molecule has 0 aromatic rings. The summed E-state index contributed by atoms with van der Waals surface area (Å²) in [7, 11) is 1.88. The number of carbonyl (C=O) groups excluding carboxylic acids is 2. The van der Waals surface area contributed by atoms with Crippen molar-refractivity contribution in [3.8, 4) is 0 Å². The van der Waals surface area contributed by atoms with Crippen molar-refractivity contribution in [3.05, 3.63) is 0 Å². The summed E-state index contributed by atoms with van der Waals surface area (Å²) in [4.78, 5) is 26.8. The van der Waals surface area contributed by atoms with E-state index in [1.54, 1.807) is 11.8 Å². The van der Waals surface area contributed by atoms with Gasteiger partial charge < -0.3 is 19.9 Å². The van der Waals surface area contributed by atoms with Gasteiger partial charge in [-0.2, -0.15) is 0 Å². The largest absolute Gasteiger partial charge is 0.450 e. The number of nitrogens with zero attached hydrogens (tertiary/aromatic N) is 2. The van der Waals surface area contributed by atoms with Crippen molar-refractivity contribution in [1.82, 2.24) is 15.1 Å². The van der Waals surface area contributed by atoms with E-state index in [1.165, 1.54) is 0 Å². The molecule has 1 aliphatic heterocycles. The van der Waals surface area contributed by atoms with Crippen LogP contribution in [0, 0.1) is 0 Å². The Labute approximate surface area is 108 Å². The predicted octanol–water partition coefficient (Wildman–Crippen LogP) is 0.287. The zero-order valence-corrected chi connectivity index (χ0v) is 11.3. The number of ether oxygens (including phenoxy) is 1. The molecule has 0 atom stereocenters. The summed E-state index contributed by atoms with van der Waals surface area (Å²) in [5, 5.41) is 3.02. The molecule has 18 heavy (non-hydrogen) atoms. The van der Waals surface area contributed by atoms with Gasteiger partial charge in [-0.05, 0) is 26.9 Å². The minimum Gasteiger partial charge on any atom is -0.450 e. The Bertz CT molecular complexity index is 276. The minimum absolute atomic E-state index is 0.175. The molecule has 1 heterocycles. The summed E-state index contributed by atoms with van der Waals surface area (Å²) in [5.74, 6) is 0.175. The van der Waals surface area contributed by atoms with Crippen LogP contribution < -0.4 is 5.32 Å². The van der Waals surface area contributed by atoms with Crippen LogP contribution >= 0.6 is 0 Å². The number of rotatable bonds is 5. The molecule has 0 aromatic carbocycles. The fraction of sp³-hybridized carbons (Fsp3) is 0.833. The van der Waals surface area contributed by atoms with E-state index in [1.807, 2.05) is 11.9 Å². The molecule has 0 aromatic heterocycles. The number of amides is 2. The highest BCUT2D eigenvalue weighted by molar-refractivity contribution is 5.76. The lowest BCUT2D eigenvalue weighted by molar-refractivity contribution is -0.132. The molecule has 6 heteroatoms. The molecule has 1 rings (SSSR count). The second-order valence-corrected chi connectivity index (χ2v) is 4.27. The van der Waals surface area contributed by atoms with Crippen LogP contribution in [0.25, 0.3) is 0 Å². The van der Waals surface area contributed by atoms with Gasteiger partial charge in [0.05, 0.1) is 6.61 Å². The number of piperazine rings is 1. The third-order valence-electron chi connectivity index (χ3n) is 2.98. The van der Waals surface area contributed by atoms with Crippen molar-refractivity contribution >= 4 is 12.0 Å². The highest BCUT2D eigenvalue weighted by atomic mass is 16.6. The maximum Gasteiger partial charge on any atom is 0.409 e. The first-order valence-electron chi connectivity index (χ1n) is 6.53. The third-order valence-corrected chi connectivity index (χ3v) is 2.98. The number of carbonyl (C=O) groups is 2. The van der Waals surface area contributed by atoms with Crippen LogP contribution in [0.5, 0.6) is 0 Å². The Morgan fingerprint density at radius 2 is 1.78 bits per heavy atom. The van der Waals surface area contributed by atoms with E-state index in [4.69, 9.17) is 4.74 Å². The SMILES string of the molecule is CCOC(=O)N1CCN(C(=O)CCCNC)CC1. The Morgan fingerprint density at radius 3 is 2.33 bits per heavy atom. The molecule has 6 nitrogen and oxygen atoms in total. The van der Waals surface area contributed by atoms with Crippen molar-refractivity contribution in [2.45, 2.75) is 19.8 Å². The van der Waals surface area contributed by atoms with E-state index in [-0.39, 0.29) is 12.0 Å². The van der Waals surface area contributed by atoms with Gasteiger partial charge in [0.25, 0.3) is 0 Å². The second-order valence-electron chi connectivity index (χ2n) is 4.27. The molecule has 104 valence electrons. The van der Waals surface area contributed by atoms with Crippen molar-refractivity contribution in [2.24, 2.45) is 0 Å². The number of hydrogen-bond acceptors (Lipinski definition) is 4. The molecule has 1 fully saturated rings. The van der Waals surface area contributed by atoms with Crippen LogP contribution in [-0.4, -0.2) is 68.2 Å². The summed E-state index contributed by atoms with van der Waals surface area (Å²) < 4.78 is 4.93. The van der Waals surface area contributed by atoms with E-state index in [0.717, 1.165) is 13.0 Å². The van der Waals surface area contributed by atoms with Gasteiger partial charge in [0.15, 0.2) is 0 Å². The maximum atomic E-state index is 11.8. The quantitative estimate of drug-likeness (QED) is 0.719. The average Bonchev–Trinajstić information content (AvgIpc) is 2.39. The topological polar surface area (TPSA) is 61.9 Å². The van der Waals surface area contributed by atoms with Gasteiger partial charge in [0, 0.05) is 32.6 Å². The van der Waals surface area contributed by atoms with Crippen LogP contribution in [0.1, 0.15) is 19.8 Å². The van der Waals surface area contributed by atoms with Crippen molar-refractivity contribution in [1.29, 1.82) is 0 Å². The monoisotopic (exact) mass is 257 g/mol. The van der Waals surface area contributed by atoms with Gasteiger partial charge in [0.2, 0.25) is 5.91 Å². The summed E-state index contributed by atoms with van der Waals surface area (Å²) in [6.07, 6.45) is 1.15. The molecule has 0 spiro atoms. The van der Waals surface area contributed by atoms with E-state index in [9.17, 15) is 9.59 Å². The summed E-state index contributed by atoms with van der Waals surface area (Å²) in [6, 6.07) is 0. The number of nitrogens with one attached hydrogen (secondary N) is 1.